The molecular formula is C15H21NO3. The highest BCUT2D eigenvalue weighted by molar-refractivity contribution is 5.76. The van der Waals surface area contributed by atoms with Crippen molar-refractivity contribution in [2.75, 3.05) is 13.7 Å². The topological polar surface area (TPSA) is 47.6 Å². The normalized spacial score (nSPS) is 22.3. The van der Waals surface area contributed by atoms with Crippen molar-refractivity contribution in [2.24, 2.45) is 0 Å². The molecule has 1 saturated heterocycles. The molecule has 0 radical (unpaired) electrons. The van der Waals surface area contributed by atoms with Crippen LogP contribution in [0.2, 0.25) is 0 Å². The van der Waals surface area contributed by atoms with Gasteiger partial charge in [0.2, 0.25) is 0 Å². The summed E-state index contributed by atoms with van der Waals surface area (Å²) >= 11 is 0. The van der Waals surface area contributed by atoms with E-state index in [0.717, 1.165) is 11.3 Å². The molecule has 1 heterocycles. The first-order chi connectivity index (χ1) is 9.01. The van der Waals surface area contributed by atoms with Gasteiger partial charge in [0.05, 0.1) is 7.11 Å². The van der Waals surface area contributed by atoms with E-state index in [9.17, 15) is 4.79 Å². The van der Waals surface area contributed by atoms with Crippen LogP contribution in [-0.2, 0) is 9.53 Å². The van der Waals surface area contributed by atoms with Crippen LogP contribution < -0.4 is 10.1 Å². The predicted octanol–water partition coefficient (Wildman–Crippen LogP) is 1.89. The molecule has 1 aromatic carbocycles. The van der Waals surface area contributed by atoms with Gasteiger partial charge in [-0.15, -0.1) is 0 Å². The van der Waals surface area contributed by atoms with Crippen molar-refractivity contribution in [3.63, 3.8) is 0 Å². The minimum absolute atomic E-state index is 0.0176. The second-order valence-electron chi connectivity index (χ2n) is 5.16. The third-order valence-electron chi connectivity index (χ3n) is 3.63. The van der Waals surface area contributed by atoms with Crippen molar-refractivity contribution >= 4 is 5.97 Å². The fourth-order valence-electron chi connectivity index (χ4n) is 2.42. The minimum Gasteiger partial charge on any atom is -0.489 e. The summed E-state index contributed by atoms with van der Waals surface area (Å²) in [5, 5.41) is 3.13. The Kier molecular flexibility index (Phi) is 4.10. The monoisotopic (exact) mass is 263 g/mol. The molecule has 2 rings (SSSR count). The fraction of sp³-hybridized carbons (Fsp3) is 0.533. The smallest absolute Gasteiger partial charge is 0.323 e. The Bertz CT molecular complexity index is 485. The molecule has 4 heteroatoms. The van der Waals surface area contributed by atoms with Crippen LogP contribution in [0.15, 0.2) is 12.1 Å². The molecule has 0 saturated carbocycles. The van der Waals surface area contributed by atoms with Gasteiger partial charge in [-0.3, -0.25) is 4.79 Å². The molecule has 0 aromatic heterocycles. The van der Waals surface area contributed by atoms with E-state index in [4.69, 9.17) is 9.47 Å². The number of carbonyl (C=O) groups is 1. The molecule has 1 fully saturated rings. The van der Waals surface area contributed by atoms with Crippen LogP contribution in [0.3, 0.4) is 0 Å². The maximum atomic E-state index is 11.4. The molecule has 1 aliphatic heterocycles. The van der Waals surface area contributed by atoms with E-state index in [2.05, 4.69) is 32.2 Å². The van der Waals surface area contributed by atoms with Crippen molar-refractivity contribution in [2.45, 2.75) is 39.3 Å². The summed E-state index contributed by atoms with van der Waals surface area (Å²) < 4.78 is 10.8. The van der Waals surface area contributed by atoms with Crippen molar-refractivity contribution in [3.8, 4) is 5.75 Å². The van der Waals surface area contributed by atoms with Gasteiger partial charge in [0.15, 0.2) is 0 Å². The largest absolute Gasteiger partial charge is 0.489 e. The molecule has 0 spiro atoms. The second kappa shape index (κ2) is 5.61. The zero-order valence-corrected chi connectivity index (χ0v) is 11.9. The number of ether oxygens (including phenoxy) is 2. The van der Waals surface area contributed by atoms with E-state index in [1.807, 2.05) is 6.07 Å². The summed E-state index contributed by atoms with van der Waals surface area (Å²) in [5.41, 5.74) is 3.58. The van der Waals surface area contributed by atoms with Crippen molar-refractivity contribution in [1.29, 1.82) is 0 Å². The van der Waals surface area contributed by atoms with E-state index < -0.39 is 0 Å². The van der Waals surface area contributed by atoms with Gasteiger partial charge in [-0.05, 0) is 43.5 Å². The summed E-state index contributed by atoms with van der Waals surface area (Å²) in [6.07, 6.45) is 0.669. The van der Waals surface area contributed by atoms with Crippen LogP contribution in [0.25, 0.3) is 0 Å². The quantitative estimate of drug-likeness (QED) is 0.846. The van der Waals surface area contributed by atoms with Crippen molar-refractivity contribution < 1.29 is 14.3 Å². The Morgan fingerprint density at radius 3 is 2.74 bits per heavy atom. The van der Waals surface area contributed by atoms with Crippen molar-refractivity contribution in [1.82, 2.24) is 5.32 Å². The number of benzene rings is 1. The molecule has 4 nitrogen and oxygen atoms in total. The average Bonchev–Trinajstić information content (AvgIpc) is 2.83. The number of methoxy groups -OCH3 is 1. The maximum absolute atomic E-state index is 11.4. The highest BCUT2D eigenvalue weighted by Gasteiger charge is 2.31. The summed E-state index contributed by atoms with van der Waals surface area (Å²) in [6, 6.07) is 3.95. The van der Waals surface area contributed by atoms with Gasteiger partial charge in [-0.25, -0.2) is 0 Å². The fourth-order valence-corrected chi connectivity index (χ4v) is 2.42. The molecule has 0 aliphatic carbocycles. The van der Waals surface area contributed by atoms with Gasteiger partial charge in [0.1, 0.15) is 17.9 Å². The summed E-state index contributed by atoms with van der Waals surface area (Å²) in [7, 11) is 1.41. The first kappa shape index (κ1) is 13.9. The van der Waals surface area contributed by atoms with Gasteiger partial charge in [0, 0.05) is 13.0 Å². The number of esters is 1. The van der Waals surface area contributed by atoms with Gasteiger partial charge < -0.3 is 14.8 Å². The lowest BCUT2D eigenvalue weighted by Gasteiger charge is -2.17. The van der Waals surface area contributed by atoms with Crippen LogP contribution in [0.4, 0.5) is 0 Å². The summed E-state index contributed by atoms with van der Waals surface area (Å²) in [4.78, 5) is 11.4. The van der Waals surface area contributed by atoms with Crippen LogP contribution >= 0.6 is 0 Å². The Morgan fingerprint density at radius 2 is 2.05 bits per heavy atom. The van der Waals surface area contributed by atoms with Gasteiger partial charge in [-0.1, -0.05) is 6.07 Å². The molecule has 2 unspecified atom stereocenters. The lowest BCUT2D eigenvalue weighted by atomic mass is 10.1. The SMILES string of the molecule is COC(=O)C1CC(Oc2cc(C)cc(C)c2C)CN1. The first-order valence-electron chi connectivity index (χ1n) is 6.57. The number of nitrogens with one attached hydrogen (secondary N) is 1. The van der Waals surface area contributed by atoms with Crippen LogP contribution in [0.5, 0.6) is 5.75 Å². The lowest BCUT2D eigenvalue weighted by Crippen LogP contribution is -2.31. The Labute approximate surface area is 114 Å². The molecule has 19 heavy (non-hydrogen) atoms. The first-order valence-corrected chi connectivity index (χ1v) is 6.57. The maximum Gasteiger partial charge on any atom is 0.323 e. The average molecular weight is 263 g/mol. The minimum atomic E-state index is -0.249. The van der Waals surface area contributed by atoms with Crippen LogP contribution in [0, 0.1) is 20.8 Å². The number of carbonyl (C=O) groups excluding carboxylic acids is 1. The Morgan fingerprint density at radius 1 is 1.32 bits per heavy atom. The van der Waals surface area contributed by atoms with E-state index in [0.29, 0.717) is 13.0 Å². The van der Waals surface area contributed by atoms with Gasteiger partial charge >= 0.3 is 5.97 Å². The van der Waals surface area contributed by atoms with E-state index in [1.54, 1.807) is 0 Å². The number of hydrogen-bond acceptors (Lipinski definition) is 4. The number of aryl methyl sites for hydroxylation is 2. The predicted molar refractivity (Wildman–Crippen MR) is 73.5 cm³/mol. The number of hydrogen-bond donors (Lipinski definition) is 1. The van der Waals surface area contributed by atoms with E-state index in [1.165, 1.54) is 18.2 Å². The van der Waals surface area contributed by atoms with Gasteiger partial charge in [0.25, 0.3) is 0 Å². The molecular weight excluding hydrogens is 242 g/mol. The zero-order valence-electron chi connectivity index (χ0n) is 11.9. The molecule has 2 atom stereocenters. The molecule has 104 valence electrons. The Balaban J connectivity index is 2.05. The molecule has 1 aromatic rings. The van der Waals surface area contributed by atoms with Crippen molar-refractivity contribution in [3.05, 3.63) is 28.8 Å². The third-order valence-corrected chi connectivity index (χ3v) is 3.63. The summed E-state index contributed by atoms with van der Waals surface area (Å²) in [5.74, 6) is 0.693. The third kappa shape index (κ3) is 3.07. The zero-order chi connectivity index (χ0) is 14.0. The van der Waals surface area contributed by atoms with E-state index in [-0.39, 0.29) is 18.1 Å². The summed E-state index contributed by atoms with van der Waals surface area (Å²) in [6.45, 7) is 6.87. The molecule has 1 aliphatic rings. The number of rotatable bonds is 3. The Hall–Kier alpha value is -1.55. The molecule has 1 N–H and O–H groups in total. The highest BCUT2D eigenvalue weighted by atomic mass is 16.5. The van der Waals surface area contributed by atoms with Crippen LogP contribution in [-0.4, -0.2) is 31.8 Å². The van der Waals surface area contributed by atoms with Gasteiger partial charge in [-0.2, -0.15) is 0 Å². The van der Waals surface area contributed by atoms with E-state index >= 15 is 0 Å². The lowest BCUT2D eigenvalue weighted by molar-refractivity contribution is -0.142. The molecule has 0 amide bonds. The molecule has 0 bridgehead atoms. The standard InChI is InChI=1S/C15H21NO3/c1-9-5-10(2)11(3)14(6-9)19-12-7-13(16-8-12)15(17)18-4/h5-6,12-13,16H,7-8H2,1-4H3. The van der Waals surface area contributed by atoms with Crippen LogP contribution in [0.1, 0.15) is 23.1 Å². The highest BCUT2D eigenvalue weighted by Crippen LogP contribution is 2.26. The second-order valence-corrected chi connectivity index (χ2v) is 5.16.